The predicted octanol–water partition coefficient (Wildman–Crippen LogP) is 3.69. The Kier molecular flexibility index (Phi) is 10.4. The molecule has 1 aromatic carbocycles. The van der Waals surface area contributed by atoms with Gasteiger partial charge in [-0.1, -0.05) is 44.2 Å². The highest BCUT2D eigenvalue weighted by Gasteiger charge is 2.20. The number of ether oxygens (including phenoxy) is 1. The van der Waals surface area contributed by atoms with Crippen molar-refractivity contribution in [1.29, 1.82) is 0 Å². The fourth-order valence-electron chi connectivity index (χ4n) is 3.82. The first kappa shape index (κ1) is 22.7. The summed E-state index contributed by atoms with van der Waals surface area (Å²) >= 11 is 0. The number of aliphatic imine (C=N–C) groups is 1. The molecule has 0 aromatic heterocycles. The van der Waals surface area contributed by atoms with Crippen LogP contribution in [0.15, 0.2) is 35.3 Å². The zero-order chi connectivity index (χ0) is 20.2. The van der Waals surface area contributed by atoms with Crippen LogP contribution in [0.2, 0.25) is 0 Å². The smallest absolute Gasteiger partial charge is 0.190 e. The van der Waals surface area contributed by atoms with Crippen LogP contribution in [0.25, 0.3) is 0 Å². The number of hydrogen-bond donors (Lipinski definition) is 2. The third-order valence-corrected chi connectivity index (χ3v) is 5.26. The number of piperidine rings is 1. The summed E-state index contributed by atoms with van der Waals surface area (Å²) < 4.78 is 5.94. The van der Waals surface area contributed by atoms with Crippen molar-refractivity contribution in [3.8, 4) is 0 Å². The number of likely N-dealkylation sites (tertiary alicyclic amines) is 1. The maximum atomic E-state index is 5.94. The van der Waals surface area contributed by atoms with E-state index < -0.39 is 0 Å². The molecule has 0 bridgehead atoms. The fraction of sp³-hybridized carbons (Fsp3) is 0.696. The molecule has 0 radical (unpaired) electrons. The molecule has 1 aromatic rings. The van der Waals surface area contributed by atoms with E-state index in [0.717, 1.165) is 38.0 Å². The molecule has 5 heteroatoms. The monoisotopic (exact) mass is 388 g/mol. The topological polar surface area (TPSA) is 48.9 Å². The van der Waals surface area contributed by atoms with E-state index in [2.05, 4.69) is 65.6 Å². The van der Waals surface area contributed by atoms with Crippen molar-refractivity contribution >= 4 is 5.96 Å². The lowest BCUT2D eigenvalue weighted by Gasteiger charge is -2.34. The summed E-state index contributed by atoms with van der Waals surface area (Å²) in [7, 11) is 1.84. The van der Waals surface area contributed by atoms with E-state index in [0.29, 0.717) is 5.92 Å². The van der Waals surface area contributed by atoms with Crippen molar-refractivity contribution in [3.05, 3.63) is 35.9 Å². The van der Waals surface area contributed by atoms with Crippen molar-refractivity contribution < 1.29 is 4.74 Å². The molecule has 2 N–H and O–H groups in total. The minimum absolute atomic E-state index is 0.138. The van der Waals surface area contributed by atoms with Gasteiger partial charge in [-0.2, -0.15) is 0 Å². The molecule has 28 heavy (non-hydrogen) atoms. The van der Waals surface area contributed by atoms with Crippen molar-refractivity contribution in [2.24, 2.45) is 16.8 Å². The Morgan fingerprint density at radius 3 is 2.71 bits per heavy atom. The van der Waals surface area contributed by atoms with Gasteiger partial charge in [-0.15, -0.1) is 0 Å². The first-order valence-corrected chi connectivity index (χ1v) is 10.9. The highest BCUT2D eigenvalue weighted by Crippen LogP contribution is 2.17. The average molecular weight is 389 g/mol. The second-order valence-corrected chi connectivity index (χ2v) is 8.32. The Morgan fingerprint density at radius 2 is 2.00 bits per heavy atom. The molecule has 1 fully saturated rings. The van der Waals surface area contributed by atoms with Gasteiger partial charge in [0.05, 0.1) is 6.10 Å². The lowest BCUT2D eigenvalue weighted by Crippen LogP contribution is -2.45. The maximum Gasteiger partial charge on any atom is 0.190 e. The molecule has 1 saturated heterocycles. The van der Waals surface area contributed by atoms with Gasteiger partial charge in [0.2, 0.25) is 0 Å². The number of guanidine groups is 1. The summed E-state index contributed by atoms with van der Waals surface area (Å²) in [6.45, 7) is 13.0. The van der Waals surface area contributed by atoms with Crippen molar-refractivity contribution in [1.82, 2.24) is 15.5 Å². The minimum Gasteiger partial charge on any atom is -0.374 e. The Labute approximate surface area is 171 Å². The lowest BCUT2D eigenvalue weighted by molar-refractivity contribution is 0.0646. The zero-order valence-corrected chi connectivity index (χ0v) is 18.3. The van der Waals surface area contributed by atoms with Gasteiger partial charge in [0, 0.05) is 39.8 Å². The molecule has 0 aliphatic carbocycles. The summed E-state index contributed by atoms with van der Waals surface area (Å²) in [4.78, 5) is 6.97. The van der Waals surface area contributed by atoms with E-state index in [4.69, 9.17) is 4.74 Å². The second-order valence-electron chi connectivity index (χ2n) is 8.32. The number of rotatable bonds is 10. The molecule has 2 unspecified atom stereocenters. The van der Waals surface area contributed by atoms with Gasteiger partial charge in [-0.3, -0.25) is 4.99 Å². The van der Waals surface area contributed by atoms with Crippen molar-refractivity contribution in [2.75, 3.05) is 46.4 Å². The van der Waals surface area contributed by atoms with Crippen LogP contribution >= 0.6 is 0 Å². The highest BCUT2D eigenvalue weighted by molar-refractivity contribution is 5.79. The fourth-order valence-corrected chi connectivity index (χ4v) is 3.82. The maximum absolute atomic E-state index is 5.94. The standard InChI is InChI=1S/C23H40N4O/c1-19(2)17-27-14-8-10-21(18-27)16-26-23(24-4)25-13-9-15-28-20(3)22-11-6-5-7-12-22/h5-7,11-12,19-21H,8-10,13-18H2,1-4H3,(H2,24,25,26). The van der Waals surface area contributed by atoms with Gasteiger partial charge in [0.15, 0.2) is 5.96 Å². The van der Waals surface area contributed by atoms with Gasteiger partial charge >= 0.3 is 0 Å². The van der Waals surface area contributed by atoms with E-state index in [9.17, 15) is 0 Å². The Bertz CT molecular complexity index is 561. The van der Waals surface area contributed by atoms with Crippen LogP contribution in [0.5, 0.6) is 0 Å². The molecule has 1 aliphatic rings. The van der Waals surface area contributed by atoms with Gasteiger partial charge in [0.1, 0.15) is 0 Å². The Hall–Kier alpha value is -1.59. The van der Waals surface area contributed by atoms with Crippen LogP contribution in [0.3, 0.4) is 0 Å². The molecular formula is C23H40N4O. The summed E-state index contributed by atoms with van der Waals surface area (Å²) in [5.74, 6) is 2.35. The summed E-state index contributed by atoms with van der Waals surface area (Å²) in [5, 5.41) is 6.92. The van der Waals surface area contributed by atoms with Gasteiger partial charge in [-0.25, -0.2) is 0 Å². The quantitative estimate of drug-likeness (QED) is 0.365. The largest absolute Gasteiger partial charge is 0.374 e. The third kappa shape index (κ3) is 8.61. The molecule has 0 spiro atoms. The van der Waals surface area contributed by atoms with Crippen LogP contribution in [0, 0.1) is 11.8 Å². The first-order chi connectivity index (χ1) is 13.6. The van der Waals surface area contributed by atoms with Crippen LogP contribution in [-0.4, -0.2) is 57.2 Å². The van der Waals surface area contributed by atoms with Crippen LogP contribution in [0.4, 0.5) is 0 Å². The van der Waals surface area contributed by atoms with E-state index in [1.54, 1.807) is 0 Å². The normalized spacial score (nSPS) is 19.6. The van der Waals surface area contributed by atoms with Gasteiger partial charge in [0.25, 0.3) is 0 Å². The molecule has 5 nitrogen and oxygen atoms in total. The summed E-state index contributed by atoms with van der Waals surface area (Å²) in [6.07, 6.45) is 3.72. The SMILES string of the molecule is CN=C(NCCCOC(C)c1ccccc1)NCC1CCCN(CC(C)C)C1. The van der Waals surface area contributed by atoms with E-state index in [1.807, 2.05) is 13.1 Å². The molecule has 1 aliphatic heterocycles. The number of nitrogens with zero attached hydrogens (tertiary/aromatic N) is 2. The number of hydrogen-bond acceptors (Lipinski definition) is 3. The van der Waals surface area contributed by atoms with Crippen LogP contribution in [0.1, 0.15) is 51.7 Å². The minimum atomic E-state index is 0.138. The van der Waals surface area contributed by atoms with Crippen LogP contribution in [-0.2, 0) is 4.74 Å². The molecular weight excluding hydrogens is 348 g/mol. The zero-order valence-electron chi connectivity index (χ0n) is 18.3. The molecule has 2 atom stereocenters. The van der Waals surface area contributed by atoms with Crippen LogP contribution < -0.4 is 10.6 Å². The first-order valence-electron chi connectivity index (χ1n) is 10.9. The molecule has 0 saturated carbocycles. The van der Waals surface area contributed by atoms with Crippen molar-refractivity contribution in [3.63, 3.8) is 0 Å². The molecule has 158 valence electrons. The molecule has 0 amide bonds. The van der Waals surface area contributed by atoms with E-state index in [1.165, 1.54) is 38.0 Å². The Morgan fingerprint density at radius 1 is 1.21 bits per heavy atom. The van der Waals surface area contributed by atoms with E-state index >= 15 is 0 Å². The van der Waals surface area contributed by atoms with Gasteiger partial charge in [-0.05, 0) is 50.1 Å². The number of nitrogens with one attached hydrogen (secondary N) is 2. The third-order valence-electron chi connectivity index (χ3n) is 5.26. The van der Waals surface area contributed by atoms with Crippen molar-refractivity contribution in [2.45, 2.75) is 46.1 Å². The van der Waals surface area contributed by atoms with Gasteiger partial charge < -0.3 is 20.3 Å². The highest BCUT2D eigenvalue weighted by atomic mass is 16.5. The Balaban J connectivity index is 1.58. The summed E-state index contributed by atoms with van der Waals surface area (Å²) in [5.41, 5.74) is 1.23. The summed E-state index contributed by atoms with van der Waals surface area (Å²) in [6, 6.07) is 10.4. The predicted molar refractivity (Wildman–Crippen MR) is 119 cm³/mol. The molecule has 1 heterocycles. The lowest BCUT2D eigenvalue weighted by atomic mass is 9.97. The average Bonchev–Trinajstić information content (AvgIpc) is 2.70. The van der Waals surface area contributed by atoms with E-state index in [-0.39, 0.29) is 6.10 Å². The second kappa shape index (κ2) is 12.8. The number of benzene rings is 1. The molecule has 2 rings (SSSR count).